The number of nitrogens with one attached hydrogen (secondary N) is 1. The molecule has 0 radical (unpaired) electrons. The van der Waals surface area contributed by atoms with Gasteiger partial charge >= 0.3 is 6.36 Å². The van der Waals surface area contributed by atoms with Gasteiger partial charge in [-0.25, -0.2) is 9.67 Å². The van der Waals surface area contributed by atoms with Crippen LogP contribution >= 0.6 is 24.0 Å². The SMILES string of the molecule is CCCCc1ccccc1N1C(=O)CS/C1=N\C(=S)N/N=C/c1ccc(-c2ncn(-c3ccc(OC(F)(F)F)cc3)n2)cc1. The first-order valence-corrected chi connectivity index (χ1v) is 14.9. The van der Waals surface area contributed by atoms with E-state index >= 15 is 0 Å². The van der Waals surface area contributed by atoms with Gasteiger partial charge in [0.2, 0.25) is 11.0 Å². The number of hydrogen-bond acceptors (Lipinski definition) is 7. The molecule has 9 nitrogen and oxygen atoms in total. The molecule has 1 aliphatic heterocycles. The molecule has 0 atom stereocenters. The zero-order chi connectivity index (χ0) is 31.1. The van der Waals surface area contributed by atoms with Crippen LogP contribution in [0, 0.1) is 0 Å². The fourth-order valence-corrected chi connectivity index (χ4v) is 5.37. The highest BCUT2D eigenvalue weighted by Crippen LogP contribution is 2.30. The normalized spacial score (nSPS) is 14.5. The molecular formula is C30H26F3N7O2S2. The summed E-state index contributed by atoms with van der Waals surface area (Å²) in [4.78, 5) is 23.1. The number of amidine groups is 1. The number of unbranched alkanes of at least 4 members (excludes halogenated alkanes) is 1. The van der Waals surface area contributed by atoms with Crippen LogP contribution in [0.1, 0.15) is 30.9 Å². The van der Waals surface area contributed by atoms with Gasteiger partial charge in [-0.15, -0.1) is 18.3 Å². The number of thiocarbonyl (C=S) groups is 1. The summed E-state index contributed by atoms with van der Waals surface area (Å²) >= 11 is 6.70. The fourth-order valence-electron chi connectivity index (χ4n) is 4.30. The number of alkyl halides is 3. The molecule has 2 heterocycles. The van der Waals surface area contributed by atoms with Crippen molar-refractivity contribution in [2.45, 2.75) is 32.5 Å². The molecule has 1 aliphatic rings. The van der Waals surface area contributed by atoms with Crippen molar-refractivity contribution in [3.63, 3.8) is 0 Å². The number of amides is 1. The molecule has 5 rings (SSSR count). The van der Waals surface area contributed by atoms with Gasteiger partial charge in [-0.05, 0) is 66.5 Å². The van der Waals surface area contributed by atoms with E-state index in [1.165, 1.54) is 47.0 Å². The molecule has 1 aromatic heterocycles. The monoisotopic (exact) mass is 637 g/mol. The molecule has 1 fully saturated rings. The van der Waals surface area contributed by atoms with Gasteiger partial charge < -0.3 is 4.74 Å². The minimum Gasteiger partial charge on any atom is -0.406 e. The van der Waals surface area contributed by atoms with Crippen molar-refractivity contribution in [2.75, 3.05) is 10.7 Å². The smallest absolute Gasteiger partial charge is 0.406 e. The van der Waals surface area contributed by atoms with Crippen LogP contribution in [-0.4, -0.2) is 49.3 Å². The quantitative estimate of drug-likeness (QED) is 0.127. The van der Waals surface area contributed by atoms with Gasteiger partial charge in [0.25, 0.3) is 0 Å². The number of aryl methyl sites for hydroxylation is 1. The third-order valence-electron chi connectivity index (χ3n) is 6.36. The Morgan fingerprint density at radius 2 is 1.86 bits per heavy atom. The number of benzene rings is 3. The molecule has 226 valence electrons. The number of anilines is 1. The number of thioether (sulfide) groups is 1. The Kier molecular flexibility index (Phi) is 9.70. The van der Waals surface area contributed by atoms with Crippen LogP contribution in [0.15, 0.2) is 89.2 Å². The molecule has 3 aromatic carbocycles. The lowest BCUT2D eigenvalue weighted by atomic mass is 10.1. The molecule has 1 amide bonds. The van der Waals surface area contributed by atoms with Crippen LogP contribution in [0.2, 0.25) is 0 Å². The summed E-state index contributed by atoms with van der Waals surface area (Å²) in [7, 11) is 0. The summed E-state index contributed by atoms with van der Waals surface area (Å²) in [6.45, 7) is 2.13. The lowest BCUT2D eigenvalue weighted by molar-refractivity contribution is -0.274. The van der Waals surface area contributed by atoms with E-state index in [2.05, 4.69) is 37.3 Å². The largest absolute Gasteiger partial charge is 0.573 e. The molecule has 0 spiro atoms. The third-order valence-corrected chi connectivity index (χ3v) is 7.47. The van der Waals surface area contributed by atoms with Gasteiger partial charge in [-0.2, -0.15) is 10.1 Å². The fraction of sp³-hybridized carbons (Fsp3) is 0.200. The number of halogens is 3. The van der Waals surface area contributed by atoms with E-state index in [0.29, 0.717) is 16.7 Å². The van der Waals surface area contributed by atoms with E-state index < -0.39 is 6.36 Å². The number of nitrogens with zero attached hydrogens (tertiary/aromatic N) is 6. The number of hydrazone groups is 1. The van der Waals surface area contributed by atoms with Crippen molar-refractivity contribution in [1.82, 2.24) is 20.2 Å². The zero-order valence-corrected chi connectivity index (χ0v) is 25.0. The predicted octanol–water partition coefficient (Wildman–Crippen LogP) is 6.52. The number of carbonyl (C=O) groups is 1. The Labute approximate surface area is 260 Å². The number of aromatic nitrogens is 3. The van der Waals surface area contributed by atoms with E-state index in [-0.39, 0.29) is 22.5 Å². The molecule has 1 saturated heterocycles. The van der Waals surface area contributed by atoms with Crippen molar-refractivity contribution in [2.24, 2.45) is 10.1 Å². The summed E-state index contributed by atoms with van der Waals surface area (Å²) in [5.41, 5.74) is 6.69. The second kappa shape index (κ2) is 13.8. The second-order valence-corrected chi connectivity index (χ2v) is 10.8. The van der Waals surface area contributed by atoms with Crippen molar-refractivity contribution in [3.05, 3.63) is 90.3 Å². The van der Waals surface area contributed by atoms with E-state index in [4.69, 9.17) is 12.2 Å². The van der Waals surface area contributed by atoms with Crippen LogP contribution in [0.5, 0.6) is 5.75 Å². The van der Waals surface area contributed by atoms with E-state index in [0.717, 1.165) is 41.6 Å². The number of para-hydroxylation sites is 1. The topological polar surface area (TPSA) is 97.0 Å². The van der Waals surface area contributed by atoms with E-state index in [9.17, 15) is 18.0 Å². The van der Waals surface area contributed by atoms with Crippen molar-refractivity contribution in [3.8, 4) is 22.8 Å². The Bertz CT molecular complexity index is 1690. The molecule has 0 bridgehead atoms. The Hall–Kier alpha value is -4.56. The first kappa shape index (κ1) is 30.9. The van der Waals surface area contributed by atoms with Gasteiger partial charge in [0, 0.05) is 5.56 Å². The summed E-state index contributed by atoms with van der Waals surface area (Å²) in [5, 5.41) is 9.22. The first-order valence-electron chi connectivity index (χ1n) is 13.5. The Balaban J connectivity index is 1.20. The van der Waals surface area contributed by atoms with Crippen LogP contribution < -0.4 is 15.1 Å². The summed E-state index contributed by atoms with van der Waals surface area (Å²) in [6.07, 6.45) is 1.24. The Morgan fingerprint density at radius 1 is 1.11 bits per heavy atom. The molecule has 0 unspecified atom stereocenters. The summed E-state index contributed by atoms with van der Waals surface area (Å²) in [5.74, 6) is 0.357. The van der Waals surface area contributed by atoms with Crippen LogP contribution in [0.4, 0.5) is 18.9 Å². The Morgan fingerprint density at radius 3 is 2.59 bits per heavy atom. The number of aliphatic imine (C=N–C) groups is 1. The average Bonchev–Trinajstić information content (AvgIpc) is 3.63. The van der Waals surface area contributed by atoms with Crippen molar-refractivity contribution < 1.29 is 22.7 Å². The van der Waals surface area contributed by atoms with Crippen LogP contribution in [-0.2, 0) is 11.2 Å². The molecule has 0 saturated carbocycles. The van der Waals surface area contributed by atoms with Gasteiger partial charge in [0.15, 0.2) is 11.0 Å². The number of ether oxygens (including phenoxy) is 1. The van der Waals surface area contributed by atoms with Crippen LogP contribution in [0.25, 0.3) is 17.1 Å². The highest BCUT2D eigenvalue weighted by Gasteiger charge is 2.32. The molecular weight excluding hydrogens is 612 g/mol. The summed E-state index contributed by atoms with van der Waals surface area (Å²) < 4.78 is 42.5. The van der Waals surface area contributed by atoms with Gasteiger partial charge in [0.05, 0.1) is 23.3 Å². The van der Waals surface area contributed by atoms with E-state index in [1.807, 2.05) is 48.5 Å². The lowest BCUT2D eigenvalue weighted by Crippen LogP contribution is -2.31. The average molecular weight is 638 g/mol. The van der Waals surface area contributed by atoms with Crippen molar-refractivity contribution in [1.29, 1.82) is 0 Å². The zero-order valence-electron chi connectivity index (χ0n) is 23.4. The first-order chi connectivity index (χ1) is 21.2. The standard InChI is InChI=1S/C30H26F3N7O2S2/c1-2-3-6-21-7-4-5-8-25(21)40-26(41)18-44-29(40)36-28(43)37-35-17-20-9-11-22(12-10-20)27-34-19-39(38-27)23-13-15-24(16-14-23)42-30(31,32)33/h4-5,7-17,19H,2-3,6,18H2,1H3,(H,37,43)/b35-17+,36-29-. The predicted molar refractivity (Wildman–Crippen MR) is 169 cm³/mol. The number of carbonyl (C=O) groups excluding carboxylic acids is 1. The van der Waals surface area contributed by atoms with Gasteiger partial charge in [0.1, 0.15) is 12.1 Å². The third kappa shape index (κ3) is 7.88. The molecule has 4 aromatic rings. The minimum atomic E-state index is -4.76. The summed E-state index contributed by atoms with van der Waals surface area (Å²) in [6, 6.07) is 20.4. The maximum Gasteiger partial charge on any atom is 0.573 e. The molecule has 44 heavy (non-hydrogen) atoms. The molecule has 0 aliphatic carbocycles. The molecule has 14 heteroatoms. The van der Waals surface area contributed by atoms with E-state index in [1.54, 1.807) is 11.1 Å². The van der Waals surface area contributed by atoms with Crippen molar-refractivity contribution >= 4 is 52.1 Å². The van der Waals surface area contributed by atoms with Gasteiger partial charge in [-0.1, -0.05) is 67.6 Å². The highest BCUT2D eigenvalue weighted by atomic mass is 32.2. The lowest BCUT2D eigenvalue weighted by Gasteiger charge is -2.19. The highest BCUT2D eigenvalue weighted by molar-refractivity contribution is 8.15. The molecule has 1 N–H and O–H groups in total. The minimum absolute atomic E-state index is 0.0446. The second-order valence-electron chi connectivity index (χ2n) is 9.50. The maximum atomic E-state index is 12.7. The van der Waals surface area contributed by atoms with Gasteiger partial charge in [-0.3, -0.25) is 15.1 Å². The maximum absolute atomic E-state index is 12.7. The number of rotatable bonds is 9. The number of hydrogen-bond donors (Lipinski definition) is 1. The van der Waals surface area contributed by atoms with Crippen LogP contribution in [0.3, 0.4) is 0 Å².